The van der Waals surface area contributed by atoms with Crippen LogP contribution in [0.1, 0.15) is 44.5 Å². The molecular weight excluding hydrogens is 414 g/mol. The van der Waals surface area contributed by atoms with Crippen LogP contribution in [-0.4, -0.2) is 26.1 Å². The number of hydrogen-bond donors (Lipinski definition) is 2. The van der Waals surface area contributed by atoms with E-state index in [0.717, 1.165) is 22.3 Å². The van der Waals surface area contributed by atoms with Crippen LogP contribution in [0.3, 0.4) is 0 Å². The number of nitrogens with zero attached hydrogens (tertiary/aromatic N) is 2. The second kappa shape index (κ2) is 7.32. The molecule has 1 amide bonds. The van der Waals surface area contributed by atoms with Gasteiger partial charge in [-0.3, -0.25) is 9.89 Å². The number of hydrogen-bond acceptors (Lipinski definition) is 4. The van der Waals surface area contributed by atoms with Crippen LogP contribution >= 0.6 is 11.6 Å². The molecule has 1 atom stereocenters. The summed E-state index contributed by atoms with van der Waals surface area (Å²) in [6, 6.07) is 14.4. The standard InChI is InChI=1S/C24H20ClN3O3/c1-13-10-14(2)19(18(29)11-13)21-20-22(27-26-21)24(30)28(12-17-4-3-9-31-17)23(20)15-5-7-16(25)8-6-15/h3-11,23,29H,12H2,1-2H3,(H,26,27)/t23-/m0/s1. The molecule has 156 valence electrons. The van der Waals surface area contributed by atoms with Gasteiger partial charge >= 0.3 is 0 Å². The minimum atomic E-state index is -0.404. The predicted octanol–water partition coefficient (Wildman–Crippen LogP) is 5.39. The number of halogens is 1. The largest absolute Gasteiger partial charge is 0.507 e. The van der Waals surface area contributed by atoms with Gasteiger partial charge in [0.15, 0.2) is 0 Å². The molecule has 2 N–H and O–H groups in total. The quantitative estimate of drug-likeness (QED) is 0.452. The van der Waals surface area contributed by atoms with E-state index in [4.69, 9.17) is 16.0 Å². The van der Waals surface area contributed by atoms with Gasteiger partial charge in [0.2, 0.25) is 0 Å². The first kappa shape index (κ1) is 19.5. The SMILES string of the molecule is Cc1cc(C)c(-c2n[nH]c3c2[C@H](c2ccc(Cl)cc2)N(Cc2ccco2)C3=O)c(O)c1. The second-order valence-corrected chi connectivity index (χ2v) is 8.24. The number of aromatic nitrogens is 2. The van der Waals surface area contributed by atoms with Crippen LogP contribution in [0.2, 0.25) is 5.02 Å². The van der Waals surface area contributed by atoms with E-state index in [9.17, 15) is 9.90 Å². The highest BCUT2D eigenvalue weighted by atomic mass is 35.5. The summed E-state index contributed by atoms with van der Waals surface area (Å²) < 4.78 is 5.51. The molecule has 0 spiro atoms. The van der Waals surface area contributed by atoms with E-state index < -0.39 is 6.04 Å². The van der Waals surface area contributed by atoms with Crippen LogP contribution < -0.4 is 0 Å². The van der Waals surface area contributed by atoms with Crippen LogP contribution in [0, 0.1) is 13.8 Å². The molecule has 1 aliphatic heterocycles. The second-order valence-electron chi connectivity index (χ2n) is 7.80. The summed E-state index contributed by atoms with van der Waals surface area (Å²) in [4.78, 5) is 15.1. The van der Waals surface area contributed by atoms with Crippen LogP contribution in [0.15, 0.2) is 59.2 Å². The first-order chi connectivity index (χ1) is 14.9. The number of amides is 1. The highest BCUT2D eigenvalue weighted by Crippen LogP contribution is 2.46. The third-order valence-corrected chi connectivity index (χ3v) is 5.90. The van der Waals surface area contributed by atoms with Gasteiger partial charge in [-0.1, -0.05) is 29.8 Å². The van der Waals surface area contributed by atoms with Crippen molar-refractivity contribution in [3.05, 3.63) is 93.5 Å². The van der Waals surface area contributed by atoms with E-state index in [0.29, 0.717) is 34.3 Å². The Hall–Kier alpha value is -3.51. The summed E-state index contributed by atoms with van der Waals surface area (Å²) in [5.41, 5.74) is 5.08. The number of aryl methyl sites for hydroxylation is 2. The molecule has 0 saturated carbocycles. The van der Waals surface area contributed by atoms with Crippen LogP contribution in [0.25, 0.3) is 11.3 Å². The Balaban J connectivity index is 1.70. The number of carbonyl (C=O) groups is 1. The molecule has 5 rings (SSSR count). The van der Waals surface area contributed by atoms with Crippen molar-refractivity contribution in [3.8, 4) is 17.0 Å². The van der Waals surface area contributed by atoms with Crippen molar-refractivity contribution >= 4 is 17.5 Å². The summed E-state index contributed by atoms with van der Waals surface area (Å²) in [6.45, 7) is 4.16. The number of furan rings is 1. The Morgan fingerprint density at radius 3 is 2.65 bits per heavy atom. The van der Waals surface area contributed by atoms with Gasteiger partial charge in [0.1, 0.15) is 22.9 Å². The molecule has 0 saturated heterocycles. The lowest BCUT2D eigenvalue weighted by Gasteiger charge is -2.26. The third-order valence-electron chi connectivity index (χ3n) is 5.65. The van der Waals surface area contributed by atoms with Gasteiger partial charge < -0.3 is 14.4 Å². The van der Waals surface area contributed by atoms with Crippen molar-refractivity contribution in [2.24, 2.45) is 0 Å². The Morgan fingerprint density at radius 2 is 1.97 bits per heavy atom. The molecule has 0 radical (unpaired) electrons. The molecule has 3 heterocycles. The Kier molecular flexibility index (Phi) is 4.59. The monoisotopic (exact) mass is 433 g/mol. The fourth-order valence-corrected chi connectivity index (χ4v) is 4.49. The van der Waals surface area contributed by atoms with Crippen molar-refractivity contribution < 1.29 is 14.3 Å². The molecule has 0 fully saturated rings. The maximum atomic E-state index is 13.4. The number of rotatable bonds is 4. The van der Waals surface area contributed by atoms with Gasteiger partial charge in [0, 0.05) is 16.1 Å². The molecule has 2 aromatic heterocycles. The molecule has 7 heteroatoms. The van der Waals surface area contributed by atoms with Gasteiger partial charge in [-0.2, -0.15) is 5.10 Å². The number of fused-ring (bicyclic) bond motifs is 1. The van der Waals surface area contributed by atoms with Crippen molar-refractivity contribution in [1.82, 2.24) is 15.1 Å². The number of nitrogens with one attached hydrogen (secondary N) is 1. The van der Waals surface area contributed by atoms with Gasteiger partial charge in [-0.05, 0) is 60.9 Å². The maximum absolute atomic E-state index is 13.4. The normalized spacial score (nSPS) is 15.5. The topological polar surface area (TPSA) is 82.4 Å². The zero-order valence-electron chi connectivity index (χ0n) is 17.0. The zero-order chi connectivity index (χ0) is 21.7. The third kappa shape index (κ3) is 3.20. The molecule has 31 heavy (non-hydrogen) atoms. The lowest BCUT2D eigenvalue weighted by atomic mass is 9.93. The van der Waals surface area contributed by atoms with Gasteiger partial charge in [-0.15, -0.1) is 0 Å². The van der Waals surface area contributed by atoms with E-state index >= 15 is 0 Å². The van der Waals surface area contributed by atoms with Crippen LogP contribution in [-0.2, 0) is 6.54 Å². The fraction of sp³-hybridized carbons (Fsp3) is 0.167. The summed E-state index contributed by atoms with van der Waals surface area (Å²) in [6.07, 6.45) is 1.59. The minimum absolute atomic E-state index is 0.138. The summed E-state index contributed by atoms with van der Waals surface area (Å²) in [5.74, 6) is 0.647. The van der Waals surface area contributed by atoms with E-state index in [2.05, 4.69) is 10.2 Å². The highest BCUT2D eigenvalue weighted by molar-refractivity contribution is 6.30. The average Bonchev–Trinajstić information content (AvgIpc) is 3.43. The Morgan fingerprint density at radius 1 is 1.19 bits per heavy atom. The smallest absolute Gasteiger partial charge is 0.273 e. The van der Waals surface area contributed by atoms with E-state index in [-0.39, 0.29) is 11.7 Å². The molecule has 0 aliphatic carbocycles. The number of aromatic amines is 1. The van der Waals surface area contributed by atoms with Gasteiger partial charge in [-0.25, -0.2) is 0 Å². The van der Waals surface area contributed by atoms with Crippen LogP contribution in [0.5, 0.6) is 5.75 Å². The summed E-state index contributed by atoms with van der Waals surface area (Å²) in [5, 5.41) is 18.7. The summed E-state index contributed by atoms with van der Waals surface area (Å²) >= 11 is 6.11. The number of aromatic hydroxyl groups is 1. The van der Waals surface area contributed by atoms with E-state index in [1.165, 1.54) is 0 Å². The first-order valence-corrected chi connectivity index (χ1v) is 10.3. The first-order valence-electron chi connectivity index (χ1n) is 9.91. The van der Waals surface area contributed by atoms with Crippen molar-refractivity contribution in [2.75, 3.05) is 0 Å². The summed E-state index contributed by atoms with van der Waals surface area (Å²) in [7, 11) is 0. The number of H-pyrrole nitrogens is 1. The number of benzene rings is 2. The number of carbonyl (C=O) groups excluding carboxylic acids is 1. The molecule has 1 aliphatic rings. The average molecular weight is 434 g/mol. The van der Waals surface area contributed by atoms with Crippen LogP contribution in [0.4, 0.5) is 0 Å². The van der Waals surface area contributed by atoms with Gasteiger partial charge in [0.25, 0.3) is 5.91 Å². The lowest BCUT2D eigenvalue weighted by Crippen LogP contribution is -2.29. The molecule has 2 aromatic carbocycles. The Bertz CT molecular complexity index is 1250. The van der Waals surface area contributed by atoms with Crippen molar-refractivity contribution in [3.63, 3.8) is 0 Å². The van der Waals surface area contributed by atoms with Crippen molar-refractivity contribution in [1.29, 1.82) is 0 Å². The molecule has 0 unspecified atom stereocenters. The maximum Gasteiger partial charge on any atom is 0.273 e. The molecule has 6 nitrogen and oxygen atoms in total. The minimum Gasteiger partial charge on any atom is -0.507 e. The number of phenols is 1. The van der Waals surface area contributed by atoms with Gasteiger partial charge in [0.05, 0.1) is 18.8 Å². The Labute approximate surface area is 184 Å². The number of phenolic OH excluding ortho intramolecular Hbond substituents is 1. The van der Waals surface area contributed by atoms with E-state index in [1.54, 1.807) is 35.4 Å². The zero-order valence-corrected chi connectivity index (χ0v) is 17.8. The molecule has 0 bridgehead atoms. The highest BCUT2D eigenvalue weighted by Gasteiger charge is 2.43. The van der Waals surface area contributed by atoms with Crippen molar-refractivity contribution in [2.45, 2.75) is 26.4 Å². The fourth-order valence-electron chi connectivity index (χ4n) is 4.37. The van der Waals surface area contributed by atoms with E-state index in [1.807, 2.05) is 38.1 Å². The molecule has 4 aromatic rings. The molecular formula is C24H20ClN3O3. The predicted molar refractivity (Wildman–Crippen MR) is 117 cm³/mol. The lowest BCUT2D eigenvalue weighted by molar-refractivity contribution is 0.0717.